The number of para-hydroxylation sites is 1. The molecule has 0 fully saturated rings. The molecule has 0 radical (unpaired) electrons. The van der Waals surface area contributed by atoms with Crippen molar-refractivity contribution >= 4 is 22.5 Å². The van der Waals surface area contributed by atoms with Crippen LogP contribution in [-0.2, 0) is 12.7 Å². The lowest BCUT2D eigenvalue weighted by molar-refractivity contribution is -0.136. The highest BCUT2D eigenvalue weighted by Gasteiger charge is 2.34. The van der Waals surface area contributed by atoms with Crippen LogP contribution in [0.4, 0.5) is 13.2 Å². The lowest BCUT2D eigenvalue weighted by Crippen LogP contribution is -2.08. The molecular formula is C10H8ClF3N2. The van der Waals surface area contributed by atoms with Crippen molar-refractivity contribution in [3.8, 4) is 0 Å². The predicted molar refractivity (Wildman–Crippen MR) is 55.4 cm³/mol. The quantitative estimate of drug-likeness (QED) is 0.752. The summed E-state index contributed by atoms with van der Waals surface area (Å²) >= 11 is 5.78. The van der Waals surface area contributed by atoms with Gasteiger partial charge in [0.15, 0.2) is 5.15 Å². The molecule has 0 spiro atoms. The zero-order chi connectivity index (χ0) is 11.9. The Labute approximate surface area is 94.6 Å². The smallest absolute Gasteiger partial charge is 0.263 e. The fraction of sp³-hybridized carbons (Fsp3) is 0.300. The number of rotatable bonds is 1. The average Bonchev–Trinajstić information content (AvgIpc) is 2.54. The maximum absolute atomic E-state index is 12.8. The van der Waals surface area contributed by atoms with Crippen LogP contribution in [0.1, 0.15) is 12.5 Å². The molecule has 2 nitrogen and oxygen atoms in total. The molecule has 2 aromatic rings. The van der Waals surface area contributed by atoms with Crippen LogP contribution in [0.5, 0.6) is 0 Å². The molecule has 1 heterocycles. The van der Waals surface area contributed by atoms with Crippen LogP contribution in [-0.4, -0.2) is 9.78 Å². The highest BCUT2D eigenvalue weighted by molar-refractivity contribution is 6.34. The van der Waals surface area contributed by atoms with Crippen molar-refractivity contribution in [2.75, 3.05) is 0 Å². The van der Waals surface area contributed by atoms with Crippen molar-refractivity contribution in [1.82, 2.24) is 9.78 Å². The number of hydrogen-bond acceptors (Lipinski definition) is 1. The summed E-state index contributed by atoms with van der Waals surface area (Å²) in [5, 5.41) is 4.30. The van der Waals surface area contributed by atoms with E-state index in [1.54, 1.807) is 6.92 Å². The monoisotopic (exact) mass is 248 g/mol. The fourth-order valence-electron chi connectivity index (χ4n) is 1.66. The predicted octanol–water partition coefficient (Wildman–Crippen LogP) is 3.73. The molecule has 2 rings (SSSR count). The Kier molecular flexibility index (Phi) is 2.58. The van der Waals surface area contributed by atoms with Gasteiger partial charge in [-0.3, -0.25) is 4.68 Å². The molecule has 0 aliphatic rings. The minimum absolute atomic E-state index is 0.0440. The first kappa shape index (κ1) is 11.3. The van der Waals surface area contributed by atoms with Gasteiger partial charge in [-0.1, -0.05) is 17.7 Å². The van der Waals surface area contributed by atoms with E-state index >= 15 is 0 Å². The summed E-state index contributed by atoms with van der Waals surface area (Å²) in [5.41, 5.74) is -0.659. The number of aryl methyl sites for hydroxylation is 1. The Balaban J connectivity index is 2.85. The van der Waals surface area contributed by atoms with Gasteiger partial charge < -0.3 is 0 Å². The SMILES string of the molecule is CCn1nc(Cl)c2cccc(C(F)(F)F)c21. The van der Waals surface area contributed by atoms with E-state index in [1.807, 2.05) is 0 Å². The molecule has 0 N–H and O–H groups in total. The maximum atomic E-state index is 12.8. The summed E-state index contributed by atoms with van der Waals surface area (Å²) < 4.78 is 39.5. The molecule has 0 aliphatic heterocycles. The molecule has 0 saturated carbocycles. The van der Waals surface area contributed by atoms with Gasteiger partial charge in [-0.25, -0.2) is 0 Å². The number of halogens is 4. The zero-order valence-electron chi connectivity index (χ0n) is 8.35. The van der Waals surface area contributed by atoms with E-state index in [-0.39, 0.29) is 10.7 Å². The van der Waals surface area contributed by atoms with Crippen molar-refractivity contribution in [3.05, 3.63) is 28.9 Å². The van der Waals surface area contributed by atoms with Crippen molar-refractivity contribution < 1.29 is 13.2 Å². The van der Waals surface area contributed by atoms with Crippen LogP contribution < -0.4 is 0 Å². The van der Waals surface area contributed by atoms with Crippen LogP contribution >= 0.6 is 11.6 Å². The Morgan fingerprint density at radius 1 is 1.38 bits per heavy atom. The van der Waals surface area contributed by atoms with E-state index in [0.717, 1.165) is 6.07 Å². The first-order valence-electron chi connectivity index (χ1n) is 4.67. The molecule has 0 saturated heterocycles. The minimum atomic E-state index is -4.39. The first-order valence-corrected chi connectivity index (χ1v) is 5.05. The normalized spacial score (nSPS) is 12.3. The molecule has 16 heavy (non-hydrogen) atoms. The largest absolute Gasteiger partial charge is 0.418 e. The van der Waals surface area contributed by atoms with Crippen LogP contribution in [0.15, 0.2) is 18.2 Å². The number of aromatic nitrogens is 2. The van der Waals surface area contributed by atoms with Gasteiger partial charge >= 0.3 is 6.18 Å². The van der Waals surface area contributed by atoms with E-state index in [0.29, 0.717) is 11.9 Å². The van der Waals surface area contributed by atoms with E-state index < -0.39 is 11.7 Å². The number of alkyl halides is 3. The fourth-order valence-corrected chi connectivity index (χ4v) is 1.90. The highest BCUT2D eigenvalue weighted by atomic mass is 35.5. The summed E-state index contributed by atoms with van der Waals surface area (Å²) in [7, 11) is 0. The summed E-state index contributed by atoms with van der Waals surface area (Å²) in [6, 6.07) is 3.90. The molecule has 6 heteroatoms. The summed E-state index contributed by atoms with van der Waals surface area (Å²) in [4.78, 5) is 0. The molecule has 0 unspecified atom stereocenters. The number of nitrogens with zero attached hydrogens (tertiary/aromatic N) is 2. The number of hydrogen-bond donors (Lipinski definition) is 0. The summed E-state index contributed by atoms with van der Waals surface area (Å²) in [5.74, 6) is 0. The Hall–Kier alpha value is -1.23. The molecule has 0 amide bonds. The van der Waals surface area contributed by atoms with Gasteiger partial charge in [0.1, 0.15) is 0 Å². The van der Waals surface area contributed by atoms with Crippen LogP contribution in [0.25, 0.3) is 10.9 Å². The molecule has 0 aliphatic carbocycles. The van der Waals surface area contributed by atoms with Gasteiger partial charge in [0.25, 0.3) is 0 Å². The van der Waals surface area contributed by atoms with Crippen molar-refractivity contribution in [1.29, 1.82) is 0 Å². The highest BCUT2D eigenvalue weighted by Crippen LogP contribution is 2.36. The van der Waals surface area contributed by atoms with Crippen LogP contribution in [0, 0.1) is 0 Å². The third-order valence-corrected chi connectivity index (χ3v) is 2.61. The lowest BCUT2D eigenvalue weighted by atomic mass is 10.1. The topological polar surface area (TPSA) is 17.8 Å². The average molecular weight is 249 g/mol. The maximum Gasteiger partial charge on any atom is 0.418 e. The molecule has 1 aromatic heterocycles. The second-order valence-electron chi connectivity index (χ2n) is 3.31. The molecule has 1 aromatic carbocycles. The Bertz CT molecular complexity index is 531. The minimum Gasteiger partial charge on any atom is -0.263 e. The third-order valence-electron chi connectivity index (χ3n) is 2.33. The van der Waals surface area contributed by atoms with E-state index in [4.69, 9.17) is 11.6 Å². The zero-order valence-corrected chi connectivity index (χ0v) is 9.10. The number of benzene rings is 1. The lowest BCUT2D eigenvalue weighted by Gasteiger charge is -2.09. The van der Waals surface area contributed by atoms with Crippen molar-refractivity contribution in [2.45, 2.75) is 19.6 Å². The van der Waals surface area contributed by atoms with E-state index in [9.17, 15) is 13.2 Å². The van der Waals surface area contributed by atoms with Gasteiger partial charge in [0.2, 0.25) is 0 Å². The van der Waals surface area contributed by atoms with E-state index in [1.165, 1.54) is 16.8 Å². The first-order chi connectivity index (χ1) is 7.45. The van der Waals surface area contributed by atoms with E-state index in [2.05, 4.69) is 5.10 Å². The van der Waals surface area contributed by atoms with Gasteiger partial charge in [-0.2, -0.15) is 18.3 Å². The Morgan fingerprint density at radius 3 is 2.62 bits per heavy atom. The van der Waals surface area contributed by atoms with Gasteiger partial charge in [-0.05, 0) is 19.1 Å². The summed E-state index contributed by atoms with van der Waals surface area (Å²) in [6.07, 6.45) is -4.39. The van der Waals surface area contributed by atoms with Crippen LogP contribution in [0.2, 0.25) is 5.15 Å². The molecule has 0 atom stereocenters. The third kappa shape index (κ3) is 1.65. The van der Waals surface area contributed by atoms with Crippen molar-refractivity contribution in [3.63, 3.8) is 0 Å². The molecule has 0 bridgehead atoms. The molecular weight excluding hydrogens is 241 g/mol. The van der Waals surface area contributed by atoms with Crippen molar-refractivity contribution in [2.24, 2.45) is 0 Å². The Morgan fingerprint density at radius 2 is 2.06 bits per heavy atom. The van der Waals surface area contributed by atoms with Gasteiger partial charge in [0, 0.05) is 11.9 Å². The van der Waals surface area contributed by atoms with Gasteiger partial charge in [0.05, 0.1) is 11.1 Å². The van der Waals surface area contributed by atoms with Gasteiger partial charge in [-0.15, -0.1) is 0 Å². The van der Waals surface area contributed by atoms with Crippen LogP contribution in [0.3, 0.4) is 0 Å². The second kappa shape index (κ2) is 3.66. The number of fused-ring (bicyclic) bond motifs is 1. The second-order valence-corrected chi connectivity index (χ2v) is 3.66. The standard InChI is InChI=1S/C10H8ClF3N2/c1-2-16-8-6(9(11)15-16)4-3-5-7(8)10(12,13)14/h3-5H,2H2,1H3. The molecule has 86 valence electrons. The summed E-state index contributed by atoms with van der Waals surface area (Å²) in [6.45, 7) is 2.06.